The molecule has 1 aromatic carbocycles. The maximum atomic E-state index is 11.9. The lowest BCUT2D eigenvalue weighted by Gasteiger charge is -2.17. The first kappa shape index (κ1) is 15.3. The van der Waals surface area contributed by atoms with Gasteiger partial charge in [-0.25, -0.2) is 0 Å². The lowest BCUT2D eigenvalue weighted by Crippen LogP contribution is -2.38. The van der Waals surface area contributed by atoms with Crippen molar-refractivity contribution in [1.29, 1.82) is 0 Å². The summed E-state index contributed by atoms with van der Waals surface area (Å²) in [6, 6.07) is 4.73. The van der Waals surface area contributed by atoms with Crippen molar-refractivity contribution in [3.63, 3.8) is 0 Å². The number of hydrogen-bond donors (Lipinski definition) is 1. The number of rotatable bonds is 5. The third-order valence-corrected chi connectivity index (χ3v) is 4.29. The van der Waals surface area contributed by atoms with Gasteiger partial charge in [0.25, 0.3) is 5.69 Å². The Balaban J connectivity index is 2.91. The lowest BCUT2D eigenvalue weighted by molar-refractivity contribution is -0.385. The Morgan fingerprint density at radius 3 is 2.61 bits per heavy atom. The summed E-state index contributed by atoms with van der Waals surface area (Å²) >= 11 is 3.18. The summed E-state index contributed by atoms with van der Waals surface area (Å²) in [6.07, 6.45) is 0. The zero-order valence-corrected chi connectivity index (χ0v) is 12.6. The predicted octanol–water partition coefficient (Wildman–Crippen LogP) is 2.34. The number of nitrogens with two attached hydrogens (primary N) is 1. The van der Waals surface area contributed by atoms with Crippen molar-refractivity contribution in [2.75, 3.05) is 5.75 Å². The van der Waals surface area contributed by atoms with Crippen LogP contribution < -0.4 is 5.73 Å². The molecule has 7 heteroatoms. The Labute approximate surface area is 116 Å². The van der Waals surface area contributed by atoms with Gasteiger partial charge in [0.15, 0.2) is 0 Å². The fourth-order valence-electron chi connectivity index (χ4n) is 1.47. The quantitative estimate of drug-likeness (QED) is 0.661. The SMILES string of the molecule is CC(C)(N)CS(=O)Cc1ccc(Br)cc1[N+](=O)[O-]. The molecule has 0 fully saturated rings. The van der Waals surface area contributed by atoms with Crippen LogP contribution in [-0.4, -0.2) is 20.4 Å². The molecule has 0 aliphatic rings. The average molecular weight is 335 g/mol. The van der Waals surface area contributed by atoms with Crippen LogP contribution in [0.2, 0.25) is 0 Å². The molecular formula is C11H15BrN2O3S. The van der Waals surface area contributed by atoms with Gasteiger partial charge in [-0.05, 0) is 19.9 Å². The number of nitro benzene ring substituents is 1. The standard InChI is InChI=1S/C11H15BrN2O3S/c1-11(2,13)7-18(17)6-8-3-4-9(12)5-10(8)14(15)16/h3-5H,6-7,13H2,1-2H3. The highest BCUT2D eigenvalue weighted by molar-refractivity contribution is 9.10. The van der Waals surface area contributed by atoms with Crippen LogP contribution in [0.4, 0.5) is 5.69 Å². The summed E-state index contributed by atoms with van der Waals surface area (Å²) in [6.45, 7) is 3.56. The summed E-state index contributed by atoms with van der Waals surface area (Å²) in [7, 11) is -1.22. The van der Waals surface area contributed by atoms with E-state index in [4.69, 9.17) is 5.73 Å². The molecule has 0 spiro atoms. The van der Waals surface area contributed by atoms with Crippen LogP contribution in [0.15, 0.2) is 22.7 Å². The maximum absolute atomic E-state index is 11.9. The van der Waals surface area contributed by atoms with E-state index in [1.165, 1.54) is 6.07 Å². The lowest BCUT2D eigenvalue weighted by atomic mass is 10.1. The Hall–Kier alpha value is -0.790. The second-order valence-electron chi connectivity index (χ2n) is 4.75. The fraction of sp³-hybridized carbons (Fsp3) is 0.455. The van der Waals surface area contributed by atoms with E-state index >= 15 is 0 Å². The molecule has 100 valence electrons. The van der Waals surface area contributed by atoms with Gasteiger partial charge in [-0.3, -0.25) is 14.3 Å². The van der Waals surface area contributed by atoms with E-state index in [1.54, 1.807) is 26.0 Å². The van der Waals surface area contributed by atoms with Gasteiger partial charge in [-0.2, -0.15) is 0 Å². The van der Waals surface area contributed by atoms with Crippen LogP contribution in [-0.2, 0) is 16.6 Å². The molecule has 2 N–H and O–H groups in total. The van der Waals surface area contributed by atoms with Gasteiger partial charge in [0.2, 0.25) is 0 Å². The normalized spacial score (nSPS) is 13.3. The van der Waals surface area contributed by atoms with Crippen molar-refractivity contribution in [2.24, 2.45) is 5.73 Å². The van der Waals surface area contributed by atoms with Crippen molar-refractivity contribution >= 4 is 32.4 Å². The van der Waals surface area contributed by atoms with Gasteiger partial charge in [-0.1, -0.05) is 22.0 Å². The summed E-state index contributed by atoms with van der Waals surface area (Å²) in [4.78, 5) is 10.4. The number of nitro groups is 1. The van der Waals surface area contributed by atoms with E-state index in [2.05, 4.69) is 15.9 Å². The highest BCUT2D eigenvalue weighted by Gasteiger charge is 2.20. The predicted molar refractivity (Wildman–Crippen MR) is 75.8 cm³/mol. The van der Waals surface area contributed by atoms with Crippen LogP contribution in [0, 0.1) is 10.1 Å². The van der Waals surface area contributed by atoms with Crippen molar-refractivity contribution in [3.05, 3.63) is 38.3 Å². The van der Waals surface area contributed by atoms with E-state index < -0.39 is 21.3 Å². The van der Waals surface area contributed by atoms with Crippen LogP contribution in [0.3, 0.4) is 0 Å². The largest absolute Gasteiger partial charge is 0.325 e. The first-order valence-corrected chi connectivity index (χ1v) is 7.54. The summed E-state index contributed by atoms with van der Waals surface area (Å²) < 4.78 is 12.5. The second-order valence-corrected chi connectivity index (χ2v) is 7.12. The summed E-state index contributed by atoms with van der Waals surface area (Å²) in [5.41, 5.74) is 5.67. The molecule has 0 aliphatic heterocycles. The van der Waals surface area contributed by atoms with E-state index in [0.29, 0.717) is 15.8 Å². The number of hydrogen-bond acceptors (Lipinski definition) is 4. The Morgan fingerprint density at radius 1 is 1.50 bits per heavy atom. The summed E-state index contributed by atoms with van der Waals surface area (Å²) in [5, 5.41) is 10.9. The van der Waals surface area contributed by atoms with Crippen LogP contribution in [0.25, 0.3) is 0 Å². The molecule has 0 amide bonds. The third kappa shape index (κ3) is 4.83. The highest BCUT2D eigenvalue weighted by Crippen LogP contribution is 2.25. The van der Waals surface area contributed by atoms with Crippen molar-refractivity contribution < 1.29 is 9.13 Å². The zero-order valence-electron chi connectivity index (χ0n) is 10.2. The van der Waals surface area contributed by atoms with Gasteiger partial charge < -0.3 is 5.73 Å². The molecule has 0 aromatic heterocycles. The molecular weight excluding hydrogens is 320 g/mol. The van der Waals surface area contributed by atoms with Gasteiger partial charge in [0.05, 0.1) is 10.7 Å². The average Bonchev–Trinajstić information content (AvgIpc) is 2.17. The molecule has 1 unspecified atom stereocenters. The third-order valence-electron chi connectivity index (χ3n) is 2.09. The number of halogens is 1. The molecule has 1 rings (SSSR count). The van der Waals surface area contributed by atoms with Gasteiger partial charge in [0, 0.05) is 38.2 Å². The van der Waals surface area contributed by atoms with Gasteiger partial charge in [-0.15, -0.1) is 0 Å². The highest BCUT2D eigenvalue weighted by atomic mass is 79.9. The van der Waals surface area contributed by atoms with E-state index in [0.717, 1.165) is 0 Å². The molecule has 0 aliphatic carbocycles. The molecule has 0 saturated carbocycles. The van der Waals surface area contributed by atoms with Gasteiger partial charge >= 0.3 is 0 Å². The van der Waals surface area contributed by atoms with Gasteiger partial charge in [0.1, 0.15) is 0 Å². The first-order chi connectivity index (χ1) is 8.19. The van der Waals surface area contributed by atoms with Crippen LogP contribution in [0.1, 0.15) is 19.4 Å². The molecule has 18 heavy (non-hydrogen) atoms. The Morgan fingerprint density at radius 2 is 2.11 bits per heavy atom. The minimum atomic E-state index is -1.22. The van der Waals surface area contributed by atoms with Crippen molar-refractivity contribution in [3.8, 4) is 0 Å². The molecule has 1 atom stereocenters. The fourth-order valence-corrected chi connectivity index (χ4v) is 3.34. The first-order valence-electron chi connectivity index (χ1n) is 5.26. The minimum Gasteiger partial charge on any atom is -0.325 e. The monoisotopic (exact) mass is 334 g/mol. The van der Waals surface area contributed by atoms with E-state index in [-0.39, 0.29) is 11.4 Å². The minimum absolute atomic E-state index is 0.0208. The Kier molecular flexibility index (Phi) is 5.01. The van der Waals surface area contributed by atoms with Crippen molar-refractivity contribution in [1.82, 2.24) is 0 Å². The molecule has 0 radical (unpaired) electrons. The van der Waals surface area contributed by atoms with Crippen LogP contribution in [0.5, 0.6) is 0 Å². The second kappa shape index (κ2) is 5.90. The van der Waals surface area contributed by atoms with Crippen molar-refractivity contribution in [2.45, 2.75) is 25.1 Å². The van der Waals surface area contributed by atoms with E-state index in [9.17, 15) is 14.3 Å². The molecule has 1 aromatic rings. The van der Waals surface area contributed by atoms with Crippen LogP contribution >= 0.6 is 15.9 Å². The van der Waals surface area contributed by atoms with E-state index in [1.807, 2.05) is 0 Å². The molecule has 5 nitrogen and oxygen atoms in total. The molecule has 0 heterocycles. The molecule has 0 bridgehead atoms. The number of benzene rings is 1. The zero-order chi connectivity index (χ0) is 13.9. The Bertz CT molecular complexity index is 486. The summed E-state index contributed by atoms with van der Waals surface area (Å²) in [5.74, 6) is 0.449. The maximum Gasteiger partial charge on any atom is 0.274 e. The smallest absolute Gasteiger partial charge is 0.274 e. The topological polar surface area (TPSA) is 86.2 Å². The number of nitrogens with zero attached hydrogens (tertiary/aromatic N) is 1. The molecule has 0 saturated heterocycles.